The number of nitrogens with two attached hydrogens (primary N) is 2. The third kappa shape index (κ3) is 10.6. The zero-order valence-corrected chi connectivity index (χ0v) is 34.6. The van der Waals surface area contributed by atoms with Crippen molar-refractivity contribution >= 4 is 41.0 Å². The first-order valence-corrected chi connectivity index (χ1v) is 24.9. The van der Waals surface area contributed by atoms with Gasteiger partial charge in [0.1, 0.15) is 0 Å². The first kappa shape index (κ1) is 43.8. The van der Waals surface area contributed by atoms with E-state index in [9.17, 15) is 0 Å². The zero-order valence-electron chi connectivity index (χ0n) is 31.7. The van der Waals surface area contributed by atoms with Crippen LogP contribution >= 0.6 is 29.1 Å². The van der Waals surface area contributed by atoms with Crippen LogP contribution in [-0.4, -0.2) is 48.0 Å². The minimum Gasteiger partial charge on any atom is -0.382 e. The van der Waals surface area contributed by atoms with Crippen molar-refractivity contribution in [3.05, 3.63) is 135 Å². The summed E-state index contributed by atoms with van der Waals surface area (Å²) >= 11 is 3.68. The standard InChI is InChI=1S/C35H40ClIN4O.C2H6.2C2H4.CH5NO/c1-6-37(5,21-42-37)31-19-32(41-35(23(31)3)29-14-15-39-24(4)33(29)36)30(26-10-8-7-9-11-26)18-25-16-22(2)34(38)27(17-25)20-40-28-12-13-28;3*1-2;2-1-3/h7-11,14-17,19-20,28,30H,6,12-13,18,21,38H2,1-5H3;1-2H3;2*1-2H2;3H,1-2H2. The van der Waals surface area contributed by atoms with E-state index in [0.29, 0.717) is 11.1 Å². The third-order valence-corrected chi connectivity index (χ3v) is 21.1. The molecule has 0 spiro atoms. The number of hydrogen-bond donors (Lipinski definition) is 3. The molecular formula is C42H59ClIN5O2. The molecule has 5 N–H and O–H groups in total. The molecule has 2 fully saturated rings. The number of aliphatic hydroxyl groups excluding tert-OH is 1. The summed E-state index contributed by atoms with van der Waals surface area (Å²) in [7, 11) is 0. The van der Waals surface area contributed by atoms with Gasteiger partial charge in [0.15, 0.2) is 0 Å². The number of nitrogen functional groups attached to an aromatic ring is 1. The summed E-state index contributed by atoms with van der Waals surface area (Å²) in [4.78, 5) is 17.0. The van der Waals surface area contributed by atoms with E-state index in [1.807, 2.05) is 39.2 Å². The van der Waals surface area contributed by atoms with Gasteiger partial charge in [-0.25, -0.2) is 0 Å². The smallest absolute Gasteiger partial charge is 0.0906 e. The van der Waals surface area contributed by atoms with Crippen molar-refractivity contribution in [1.82, 2.24) is 9.97 Å². The Bertz CT molecular complexity index is 1750. The molecule has 6 rings (SSSR count). The molecule has 0 bridgehead atoms. The molecule has 9 heteroatoms. The predicted molar refractivity (Wildman–Crippen MR) is 230 cm³/mol. The Hall–Kier alpha value is -3.41. The molecule has 3 heterocycles. The average Bonchev–Trinajstić information content (AvgIpc) is 4.11. The van der Waals surface area contributed by atoms with Gasteiger partial charge >= 0.3 is 257 Å². The van der Waals surface area contributed by atoms with E-state index in [1.54, 1.807) is 0 Å². The summed E-state index contributed by atoms with van der Waals surface area (Å²) in [6.45, 7) is 24.3. The number of anilines is 1. The van der Waals surface area contributed by atoms with Gasteiger partial charge in [-0.2, -0.15) is 0 Å². The summed E-state index contributed by atoms with van der Waals surface area (Å²) in [5, 5.41) is 8.00. The van der Waals surface area contributed by atoms with Crippen LogP contribution in [0.1, 0.15) is 78.7 Å². The van der Waals surface area contributed by atoms with Gasteiger partial charge in [0, 0.05) is 0 Å². The number of benzene rings is 2. The van der Waals surface area contributed by atoms with Gasteiger partial charge in [-0.3, -0.25) is 0 Å². The van der Waals surface area contributed by atoms with Crippen molar-refractivity contribution in [2.24, 2.45) is 10.7 Å². The number of aryl methyl sites for hydroxylation is 2. The summed E-state index contributed by atoms with van der Waals surface area (Å²) in [5.41, 5.74) is 21.1. The van der Waals surface area contributed by atoms with Gasteiger partial charge in [-0.15, -0.1) is 26.3 Å². The zero-order chi connectivity index (χ0) is 38.4. The van der Waals surface area contributed by atoms with Crippen LogP contribution in [-0.2, 0) is 9.49 Å². The van der Waals surface area contributed by atoms with Crippen LogP contribution in [0.4, 0.5) is 5.69 Å². The molecule has 1 unspecified atom stereocenters. The van der Waals surface area contributed by atoms with Crippen molar-refractivity contribution in [2.45, 2.75) is 72.8 Å². The quantitative estimate of drug-likeness (QED) is 0.0294. The Morgan fingerprint density at radius 2 is 1.67 bits per heavy atom. The molecule has 51 heavy (non-hydrogen) atoms. The minimum absolute atomic E-state index is 0.0283. The first-order valence-electron chi connectivity index (χ1n) is 17.4. The Labute approximate surface area is 313 Å². The number of halogens is 2. The fraction of sp³-hybridized carbons (Fsp3) is 0.357. The number of rotatable bonds is 9. The number of pyridine rings is 2. The Balaban J connectivity index is 0.000000923. The van der Waals surface area contributed by atoms with Gasteiger partial charge in [0.25, 0.3) is 0 Å². The van der Waals surface area contributed by atoms with E-state index in [-0.39, 0.29) is 12.6 Å². The van der Waals surface area contributed by atoms with Crippen molar-refractivity contribution in [3.8, 4) is 11.3 Å². The fourth-order valence-corrected chi connectivity index (χ4v) is 16.0. The van der Waals surface area contributed by atoms with Crippen LogP contribution in [0.15, 0.2) is 92.1 Å². The second kappa shape index (κ2) is 20.0. The predicted octanol–water partition coefficient (Wildman–Crippen LogP) is 10.1. The van der Waals surface area contributed by atoms with Gasteiger partial charge in [0.05, 0.1) is 6.73 Å². The first-order chi connectivity index (χ1) is 24.5. The third-order valence-electron chi connectivity index (χ3n) is 8.86. The Morgan fingerprint density at radius 3 is 2.22 bits per heavy atom. The number of hydrogen-bond acceptors (Lipinski definition) is 7. The molecule has 7 nitrogen and oxygen atoms in total. The second-order valence-corrected chi connectivity index (χ2v) is 25.8. The van der Waals surface area contributed by atoms with E-state index < -0.39 is 17.5 Å². The molecule has 0 radical (unpaired) electrons. The number of aliphatic imine (C=N–C) groups is 1. The molecular weight excluding hydrogens is 769 g/mol. The number of aliphatic hydroxyl groups is 1. The Morgan fingerprint density at radius 1 is 1.06 bits per heavy atom. The van der Waals surface area contributed by atoms with Gasteiger partial charge < -0.3 is 10.8 Å². The summed E-state index contributed by atoms with van der Waals surface area (Å²) < 4.78 is 9.76. The van der Waals surface area contributed by atoms with Gasteiger partial charge in [-0.05, 0) is 0 Å². The maximum Gasteiger partial charge on any atom is 0.0906 e. The maximum atomic E-state index is 7.35. The van der Waals surface area contributed by atoms with E-state index in [0.717, 1.165) is 54.9 Å². The molecule has 1 aliphatic heterocycles. The normalized spacial score (nSPS) is 16.2. The summed E-state index contributed by atoms with van der Waals surface area (Å²) in [5.74, 6) is 0.0283. The van der Waals surface area contributed by atoms with Crippen LogP contribution in [0.2, 0.25) is 5.02 Å². The minimum atomic E-state index is -3.21. The molecule has 2 aromatic heterocycles. The molecule has 1 aliphatic carbocycles. The molecule has 1 saturated heterocycles. The van der Waals surface area contributed by atoms with Gasteiger partial charge in [-0.1, -0.05) is 13.8 Å². The van der Waals surface area contributed by atoms with Gasteiger partial charge in [0.2, 0.25) is 0 Å². The van der Waals surface area contributed by atoms with Crippen LogP contribution in [0.5, 0.6) is 0 Å². The fourth-order valence-electron chi connectivity index (χ4n) is 5.68. The maximum absolute atomic E-state index is 7.35. The molecule has 4 aromatic rings. The number of aromatic nitrogens is 2. The topological polar surface area (TPSA) is 123 Å². The summed E-state index contributed by atoms with van der Waals surface area (Å²) in [6, 6.07) is 19.9. The van der Waals surface area contributed by atoms with Crippen molar-refractivity contribution in [2.75, 3.05) is 26.4 Å². The van der Waals surface area contributed by atoms with Crippen molar-refractivity contribution in [3.63, 3.8) is 0 Å². The number of nitrogens with zero attached hydrogens (tertiary/aromatic N) is 3. The SMILES string of the molecule is C=C.C=C.CC.CCI1(C)(c2cc(C(Cc3cc(C)c(N)c(C=NC4CC4)c3)c3ccccc3)nc(-c3ccnc(C)c3Cl)c2C)CO1.NCO. The van der Waals surface area contributed by atoms with Crippen LogP contribution < -0.4 is 11.5 Å². The second-order valence-electron chi connectivity index (χ2n) is 12.2. The summed E-state index contributed by atoms with van der Waals surface area (Å²) in [6.07, 6.45) is 6.92. The molecule has 2 aliphatic rings. The van der Waals surface area contributed by atoms with Crippen LogP contribution in [0, 0.1) is 24.3 Å². The monoisotopic (exact) mass is 827 g/mol. The van der Waals surface area contributed by atoms with Crippen LogP contribution in [0.25, 0.3) is 11.3 Å². The van der Waals surface area contributed by atoms with Crippen molar-refractivity contribution in [1.29, 1.82) is 0 Å². The van der Waals surface area contributed by atoms with Crippen molar-refractivity contribution < 1.29 is 8.17 Å². The van der Waals surface area contributed by atoms with E-state index in [4.69, 9.17) is 35.5 Å². The van der Waals surface area contributed by atoms with E-state index in [2.05, 4.69) is 111 Å². The molecule has 0 amide bonds. The van der Waals surface area contributed by atoms with E-state index >= 15 is 0 Å². The molecule has 278 valence electrons. The van der Waals surface area contributed by atoms with E-state index in [1.165, 1.54) is 33.1 Å². The molecule has 1 saturated carbocycles. The molecule has 2 aromatic carbocycles. The largest absolute Gasteiger partial charge is 0.382 e. The Kier molecular flexibility index (Phi) is 17.2. The van der Waals surface area contributed by atoms with Crippen LogP contribution in [0.3, 0.4) is 0 Å². The molecule has 1 atom stereocenters. The average molecular weight is 828 g/mol. The number of alkyl halides is 3.